The predicted molar refractivity (Wildman–Crippen MR) is 64.9 cm³/mol. The van der Waals surface area contributed by atoms with Crippen LogP contribution < -0.4 is 0 Å². The second kappa shape index (κ2) is 5.69. The van der Waals surface area contributed by atoms with E-state index in [9.17, 15) is 4.39 Å². The van der Waals surface area contributed by atoms with Gasteiger partial charge in [-0.1, -0.05) is 51.1 Å². The molecule has 1 heteroatoms. The number of aryl methyl sites for hydroxylation is 1. The molecule has 0 aliphatic rings. The summed E-state index contributed by atoms with van der Waals surface area (Å²) >= 11 is 0. The van der Waals surface area contributed by atoms with E-state index < -0.39 is 0 Å². The zero-order valence-electron chi connectivity index (χ0n) is 9.59. The average Bonchev–Trinajstić information content (AvgIpc) is 2.28. The lowest BCUT2D eigenvalue weighted by molar-refractivity contribution is 0.447. The highest BCUT2D eigenvalue weighted by atomic mass is 19.1. The van der Waals surface area contributed by atoms with Gasteiger partial charge in [-0.25, -0.2) is 0 Å². The number of benzene rings is 1. The lowest BCUT2D eigenvalue weighted by Crippen LogP contribution is -2.01. The lowest BCUT2D eigenvalue weighted by Gasteiger charge is -2.14. The third-order valence-electron chi connectivity index (χ3n) is 2.72. The molecule has 1 rings (SSSR count). The van der Waals surface area contributed by atoms with E-state index in [2.05, 4.69) is 19.6 Å². The third kappa shape index (κ3) is 2.68. The minimum absolute atomic E-state index is 0.0326. The smallest absolute Gasteiger partial charge is 0.0960 e. The molecule has 0 aliphatic heterocycles. The molecule has 1 aromatic rings. The van der Waals surface area contributed by atoms with Crippen molar-refractivity contribution in [2.24, 2.45) is 0 Å². The molecule has 15 heavy (non-hydrogen) atoms. The molecule has 1 unspecified atom stereocenters. The predicted octanol–water partition coefficient (Wildman–Crippen LogP) is 4.36. The normalized spacial score (nSPS) is 12.5. The Morgan fingerprint density at radius 2 is 2.20 bits per heavy atom. The Morgan fingerprint density at radius 3 is 2.73 bits per heavy atom. The number of halogens is 1. The first kappa shape index (κ1) is 12.0. The maximum absolute atomic E-state index is 12.7. The average molecular weight is 206 g/mol. The molecule has 0 saturated heterocycles. The summed E-state index contributed by atoms with van der Waals surface area (Å²) in [4.78, 5) is 0. The van der Waals surface area contributed by atoms with Crippen molar-refractivity contribution in [1.82, 2.24) is 0 Å². The number of hydrogen-bond donors (Lipinski definition) is 0. The van der Waals surface area contributed by atoms with Crippen LogP contribution in [0.5, 0.6) is 0 Å². The fourth-order valence-corrected chi connectivity index (χ4v) is 1.88. The van der Waals surface area contributed by atoms with Gasteiger partial charge in [-0.3, -0.25) is 4.39 Å². The van der Waals surface area contributed by atoms with E-state index in [1.54, 1.807) is 0 Å². The van der Waals surface area contributed by atoms with Gasteiger partial charge in [0, 0.05) is 5.92 Å². The van der Waals surface area contributed by atoms with Gasteiger partial charge in [-0.15, -0.1) is 0 Å². The summed E-state index contributed by atoms with van der Waals surface area (Å²) in [5.41, 5.74) is 3.49. The maximum Gasteiger partial charge on any atom is 0.0960 e. The number of alkyl halides is 1. The molecule has 0 aromatic heterocycles. The van der Waals surface area contributed by atoms with E-state index in [1.165, 1.54) is 5.56 Å². The zero-order valence-corrected chi connectivity index (χ0v) is 9.59. The van der Waals surface area contributed by atoms with E-state index in [0.717, 1.165) is 24.0 Å². The van der Waals surface area contributed by atoms with Crippen LogP contribution in [0.25, 0.3) is 6.08 Å². The first-order valence-corrected chi connectivity index (χ1v) is 5.54. The minimum atomic E-state index is -0.309. The molecular weight excluding hydrogens is 187 g/mol. The Kier molecular flexibility index (Phi) is 4.54. The fourth-order valence-electron chi connectivity index (χ4n) is 1.88. The van der Waals surface area contributed by atoms with Gasteiger partial charge in [-0.05, 0) is 23.1 Å². The monoisotopic (exact) mass is 206 g/mol. The summed E-state index contributed by atoms with van der Waals surface area (Å²) in [7, 11) is 0. The van der Waals surface area contributed by atoms with E-state index >= 15 is 0 Å². The maximum atomic E-state index is 12.7. The Labute approximate surface area is 91.8 Å². The molecule has 0 fully saturated rings. The van der Waals surface area contributed by atoms with Crippen molar-refractivity contribution in [3.63, 3.8) is 0 Å². The van der Waals surface area contributed by atoms with Crippen LogP contribution in [0.4, 0.5) is 4.39 Å². The quantitative estimate of drug-likeness (QED) is 0.671. The van der Waals surface area contributed by atoms with Crippen LogP contribution >= 0.6 is 0 Å². The summed E-state index contributed by atoms with van der Waals surface area (Å²) in [6.07, 6.45) is 4.00. The van der Waals surface area contributed by atoms with Crippen LogP contribution in [0, 0.1) is 0 Å². The van der Waals surface area contributed by atoms with Gasteiger partial charge in [0.1, 0.15) is 0 Å². The van der Waals surface area contributed by atoms with Gasteiger partial charge in [0.2, 0.25) is 0 Å². The van der Waals surface area contributed by atoms with Crippen molar-refractivity contribution in [2.75, 3.05) is 6.67 Å². The van der Waals surface area contributed by atoms with Gasteiger partial charge < -0.3 is 0 Å². The van der Waals surface area contributed by atoms with Gasteiger partial charge in [0.05, 0.1) is 6.67 Å². The van der Waals surface area contributed by atoms with E-state index in [0.29, 0.717) is 0 Å². The first-order valence-electron chi connectivity index (χ1n) is 5.54. The molecule has 1 aromatic carbocycles. The SMILES string of the molecule is C=Cc1c(CCC)cccc1C(C)CF. The minimum Gasteiger partial charge on any atom is -0.250 e. The van der Waals surface area contributed by atoms with Crippen molar-refractivity contribution in [3.05, 3.63) is 41.5 Å². The molecule has 1 atom stereocenters. The van der Waals surface area contributed by atoms with Crippen LogP contribution in [0.2, 0.25) is 0 Å². The largest absolute Gasteiger partial charge is 0.250 e. The summed E-state index contributed by atoms with van der Waals surface area (Å²) in [5, 5.41) is 0. The first-order chi connectivity index (χ1) is 7.24. The van der Waals surface area contributed by atoms with Crippen LogP contribution in [0.15, 0.2) is 24.8 Å². The third-order valence-corrected chi connectivity index (χ3v) is 2.72. The lowest BCUT2D eigenvalue weighted by atomic mass is 9.91. The molecule has 0 aliphatic carbocycles. The highest BCUT2D eigenvalue weighted by Gasteiger charge is 2.11. The molecule has 0 spiro atoms. The standard InChI is InChI=1S/C14H19F/c1-4-7-12-8-6-9-14(11(3)10-15)13(12)5-2/h5-6,8-9,11H,2,4,7,10H2,1,3H3. The van der Waals surface area contributed by atoms with Crippen LogP contribution in [0.1, 0.15) is 42.9 Å². The molecular formula is C14H19F. The second-order valence-corrected chi connectivity index (χ2v) is 3.93. The highest BCUT2D eigenvalue weighted by molar-refractivity contribution is 5.57. The van der Waals surface area contributed by atoms with Crippen LogP contribution in [-0.4, -0.2) is 6.67 Å². The van der Waals surface area contributed by atoms with Crippen molar-refractivity contribution < 1.29 is 4.39 Å². The second-order valence-electron chi connectivity index (χ2n) is 3.93. The molecule has 0 bridgehead atoms. The number of rotatable bonds is 5. The van der Waals surface area contributed by atoms with Crippen molar-refractivity contribution in [3.8, 4) is 0 Å². The summed E-state index contributed by atoms with van der Waals surface area (Å²) in [6.45, 7) is 7.59. The van der Waals surface area contributed by atoms with E-state index in [1.807, 2.05) is 25.1 Å². The molecule has 0 radical (unpaired) electrons. The van der Waals surface area contributed by atoms with Crippen molar-refractivity contribution in [1.29, 1.82) is 0 Å². The van der Waals surface area contributed by atoms with Crippen LogP contribution in [-0.2, 0) is 6.42 Å². The molecule has 82 valence electrons. The van der Waals surface area contributed by atoms with Gasteiger partial charge in [0.25, 0.3) is 0 Å². The molecule has 0 amide bonds. The van der Waals surface area contributed by atoms with Gasteiger partial charge >= 0.3 is 0 Å². The van der Waals surface area contributed by atoms with Crippen LogP contribution in [0.3, 0.4) is 0 Å². The van der Waals surface area contributed by atoms with Gasteiger partial charge in [0.15, 0.2) is 0 Å². The molecule has 0 N–H and O–H groups in total. The fraction of sp³-hybridized carbons (Fsp3) is 0.429. The zero-order chi connectivity index (χ0) is 11.3. The number of hydrogen-bond acceptors (Lipinski definition) is 0. The molecule has 0 nitrogen and oxygen atoms in total. The Hall–Kier alpha value is -1.11. The summed E-state index contributed by atoms with van der Waals surface area (Å²) < 4.78 is 12.7. The summed E-state index contributed by atoms with van der Waals surface area (Å²) in [6, 6.07) is 6.12. The topological polar surface area (TPSA) is 0 Å². The molecule has 0 heterocycles. The molecule has 0 saturated carbocycles. The summed E-state index contributed by atoms with van der Waals surface area (Å²) in [5.74, 6) is -0.0326. The van der Waals surface area contributed by atoms with E-state index in [-0.39, 0.29) is 12.6 Å². The van der Waals surface area contributed by atoms with Gasteiger partial charge in [-0.2, -0.15) is 0 Å². The highest BCUT2D eigenvalue weighted by Crippen LogP contribution is 2.25. The Bertz CT molecular complexity index is 328. The van der Waals surface area contributed by atoms with Crippen molar-refractivity contribution in [2.45, 2.75) is 32.6 Å². The van der Waals surface area contributed by atoms with E-state index in [4.69, 9.17) is 0 Å². The van der Waals surface area contributed by atoms with Crippen molar-refractivity contribution >= 4 is 6.08 Å². The Balaban J connectivity index is 3.15. The Morgan fingerprint density at radius 1 is 1.47 bits per heavy atom.